The predicted octanol–water partition coefficient (Wildman–Crippen LogP) is 1.10. The Labute approximate surface area is 268 Å². The Morgan fingerprint density at radius 1 is 1.09 bits per heavy atom. The zero-order chi connectivity index (χ0) is 34.2. The number of nitrogens with zero attached hydrogens (tertiary/aromatic N) is 3. The van der Waals surface area contributed by atoms with E-state index in [0.717, 1.165) is 25.1 Å². The minimum absolute atomic E-state index is 0.0275. The Balaban J connectivity index is 2.16. The molecule has 4 N–H and O–H groups in total. The summed E-state index contributed by atoms with van der Waals surface area (Å²) < 4.78 is 37.0. The summed E-state index contributed by atoms with van der Waals surface area (Å²) in [6, 6.07) is -1.30. The number of hydrazone groups is 1. The largest absolute Gasteiger partial charge is 0.480 e. The van der Waals surface area contributed by atoms with Gasteiger partial charge in [0.25, 0.3) is 10.0 Å². The van der Waals surface area contributed by atoms with Gasteiger partial charge in [-0.25, -0.2) is 27.7 Å². The van der Waals surface area contributed by atoms with Crippen LogP contribution in [0.5, 0.6) is 0 Å². The zero-order valence-electron chi connectivity index (χ0n) is 26.6. The fraction of sp³-hybridized carbons (Fsp3) is 0.655. The van der Waals surface area contributed by atoms with Crippen LogP contribution in [0.4, 0.5) is 9.59 Å². The highest BCUT2D eigenvalue weighted by Crippen LogP contribution is 2.47. The molecule has 3 rings (SSSR count). The number of allylic oxidation sites excluding steroid dienone is 2. The first kappa shape index (κ1) is 36.5. The molecular weight excluding hydrogens is 624 g/mol. The van der Waals surface area contributed by atoms with E-state index in [0.29, 0.717) is 36.3 Å². The second-order valence-corrected chi connectivity index (χ2v) is 13.4. The number of hydrogen-bond donors (Lipinski definition) is 4. The number of aliphatic carboxylic acids is 1. The molecule has 2 aliphatic carbocycles. The molecule has 0 bridgehead atoms. The Kier molecular flexibility index (Phi) is 11.9. The van der Waals surface area contributed by atoms with Crippen molar-refractivity contribution >= 4 is 46.2 Å². The molecule has 256 valence electrons. The third-order valence-corrected chi connectivity index (χ3v) is 10.9. The monoisotopic (exact) mass is 668 g/mol. The number of carbonyl (C=O) groups excluding carboxylic acids is 4. The first-order valence-corrected chi connectivity index (χ1v) is 16.8. The molecule has 0 aromatic carbocycles. The molecule has 1 aliphatic heterocycles. The average Bonchev–Trinajstić information content (AvgIpc) is 3.79. The first-order chi connectivity index (χ1) is 21.8. The van der Waals surface area contributed by atoms with E-state index in [1.54, 1.807) is 6.92 Å². The molecule has 0 aromatic heterocycles. The van der Waals surface area contributed by atoms with Gasteiger partial charge in [0.1, 0.15) is 0 Å². The number of carboxylic acid groups (broad SMARTS) is 1. The second kappa shape index (κ2) is 15.1. The van der Waals surface area contributed by atoms with E-state index in [1.165, 1.54) is 37.9 Å². The van der Waals surface area contributed by atoms with Gasteiger partial charge in [-0.15, -0.1) is 0 Å². The molecular formula is C29H44N6O10S. The first-order valence-electron chi connectivity index (χ1n) is 15.3. The van der Waals surface area contributed by atoms with Gasteiger partial charge in [-0.05, 0) is 59.4 Å². The summed E-state index contributed by atoms with van der Waals surface area (Å²) in [5, 5.41) is 20.3. The molecule has 3 atom stereocenters. The Morgan fingerprint density at radius 2 is 1.76 bits per heavy atom. The maximum absolute atomic E-state index is 14.9. The highest BCUT2D eigenvalue weighted by atomic mass is 32.2. The van der Waals surface area contributed by atoms with Gasteiger partial charge in [-0.2, -0.15) is 5.10 Å². The van der Waals surface area contributed by atoms with Crippen molar-refractivity contribution in [2.75, 3.05) is 39.9 Å². The summed E-state index contributed by atoms with van der Waals surface area (Å²) in [6.45, 7) is 5.44. The zero-order valence-corrected chi connectivity index (χ0v) is 27.4. The normalized spacial score (nSPS) is 24.9. The van der Waals surface area contributed by atoms with E-state index < -0.39 is 62.2 Å². The number of esters is 1. The van der Waals surface area contributed by atoms with Crippen molar-refractivity contribution in [1.82, 2.24) is 25.3 Å². The summed E-state index contributed by atoms with van der Waals surface area (Å²) in [6.07, 6.45) is 6.09. The van der Waals surface area contributed by atoms with E-state index in [9.17, 15) is 37.5 Å². The summed E-state index contributed by atoms with van der Waals surface area (Å²) in [5.41, 5.74) is -1.80. The van der Waals surface area contributed by atoms with Gasteiger partial charge in [-0.3, -0.25) is 14.4 Å². The fourth-order valence-electron chi connectivity index (χ4n) is 5.69. The smallest absolute Gasteiger partial charge is 0.427 e. The standard InChI is InChI=1S/C29H44N6O10S/c1-5-35(26(41)34(4)21-11-10-18-30-19-21)46(42,43)29(23(37)32-27(16-17-27)15-12-22(36)44-6-2)14-9-8-13-28(29,24(38)39)20-31-33-25(40)45-7-3/h8-9,13-14,20-21,30H,5-7,10-12,15-19H2,1-4H3,(H,32,37)(H,33,40)(H,38,39)/t21?,28?,29-/m1/s1. The Morgan fingerprint density at radius 3 is 2.33 bits per heavy atom. The molecule has 1 saturated carbocycles. The minimum Gasteiger partial charge on any atom is -0.480 e. The summed E-state index contributed by atoms with van der Waals surface area (Å²) in [5.74, 6) is -3.55. The van der Waals surface area contributed by atoms with Crippen LogP contribution in [-0.4, -0.2) is 115 Å². The number of carboxylic acids is 1. The lowest BCUT2D eigenvalue weighted by atomic mass is 9.72. The number of nitrogens with one attached hydrogen (secondary N) is 3. The number of carbonyl (C=O) groups is 5. The van der Waals surface area contributed by atoms with E-state index in [2.05, 4.69) is 15.7 Å². The van der Waals surface area contributed by atoms with Gasteiger partial charge in [0.05, 0.1) is 13.2 Å². The van der Waals surface area contributed by atoms with Crippen LogP contribution in [0.2, 0.25) is 0 Å². The lowest BCUT2D eigenvalue weighted by molar-refractivity contribution is -0.146. The van der Waals surface area contributed by atoms with E-state index >= 15 is 0 Å². The van der Waals surface area contributed by atoms with Crippen LogP contribution in [0.3, 0.4) is 0 Å². The number of piperidine rings is 1. The van der Waals surface area contributed by atoms with Gasteiger partial charge in [0, 0.05) is 44.4 Å². The van der Waals surface area contributed by atoms with Crippen molar-refractivity contribution in [3.05, 3.63) is 24.3 Å². The maximum atomic E-state index is 14.9. The molecule has 2 unspecified atom stereocenters. The molecule has 0 spiro atoms. The molecule has 1 saturated heterocycles. The number of amides is 4. The summed E-state index contributed by atoms with van der Waals surface area (Å²) >= 11 is 0. The fourth-order valence-corrected chi connectivity index (χ4v) is 7.88. The molecule has 4 amide bonds. The highest BCUT2D eigenvalue weighted by Gasteiger charge is 2.70. The van der Waals surface area contributed by atoms with Crippen LogP contribution in [0.1, 0.15) is 59.3 Å². The van der Waals surface area contributed by atoms with Gasteiger partial charge in [0.2, 0.25) is 10.7 Å². The molecule has 16 nitrogen and oxygen atoms in total. The Hall–Kier alpha value is -3.99. The lowest BCUT2D eigenvalue weighted by Crippen LogP contribution is -2.70. The van der Waals surface area contributed by atoms with Gasteiger partial charge < -0.3 is 30.1 Å². The minimum atomic E-state index is -5.25. The molecule has 0 radical (unpaired) electrons. The van der Waals surface area contributed by atoms with Gasteiger partial charge in [-0.1, -0.05) is 24.3 Å². The lowest BCUT2D eigenvalue weighted by Gasteiger charge is -2.45. The van der Waals surface area contributed by atoms with Crippen LogP contribution < -0.4 is 16.1 Å². The summed E-state index contributed by atoms with van der Waals surface area (Å²) in [7, 11) is -3.80. The molecule has 0 aromatic rings. The SMILES string of the molecule is CCOC(=O)CCC1(NC(=O)[C@]2(S(=O)(=O)N(CC)C(=O)N(C)C3CCCNC3)C=CC=CC2(C=NNC(=O)OCC)C(=O)O)CC1. The molecule has 17 heteroatoms. The van der Waals surface area contributed by atoms with Crippen LogP contribution in [0.25, 0.3) is 0 Å². The molecule has 46 heavy (non-hydrogen) atoms. The predicted molar refractivity (Wildman–Crippen MR) is 166 cm³/mol. The molecule has 3 aliphatic rings. The number of rotatable bonds is 14. The average molecular weight is 669 g/mol. The summed E-state index contributed by atoms with van der Waals surface area (Å²) in [4.78, 5) is 67.0. The maximum Gasteiger partial charge on any atom is 0.427 e. The van der Waals surface area contributed by atoms with Crippen LogP contribution >= 0.6 is 0 Å². The Bertz CT molecular complexity index is 1370. The third-order valence-electron chi connectivity index (χ3n) is 8.47. The van der Waals surface area contributed by atoms with Crippen LogP contribution in [0, 0.1) is 5.41 Å². The van der Waals surface area contributed by atoms with Crippen molar-refractivity contribution in [3.63, 3.8) is 0 Å². The van der Waals surface area contributed by atoms with E-state index in [1.807, 2.05) is 5.43 Å². The number of urea groups is 1. The van der Waals surface area contributed by atoms with Gasteiger partial charge in [0.15, 0.2) is 5.41 Å². The van der Waals surface area contributed by atoms with E-state index in [4.69, 9.17) is 9.47 Å². The highest BCUT2D eigenvalue weighted by molar-refractivity contribution is 7.92. The van der Waals surface area contributed by atoms with Crippen LogP contribution in [-0.2, 0) is 33.9 Å². The van der Waals surface area contributed by atoms with Crippen molar-refractivity contribution < 1.29 is 47.0 Å². The number of ether oxygens (including phenoxy) is 2. The third kappa shape index (κ3) is 7.19. The van der Waals surface area contributed by atoms with Crippen molar-refractivity contribution in [2.45, 2.75) is 75.6 Å². The molecule has 1 heterocycles. The number of sulfonamides is 1. The number of hydrogen-bond acceptors (Lipinski definition) is 11. The second-order valence-electron chi connectivity index (χ2n) is 11.3. The molecule has 2 fully saturated rings. The van der Waals surface area contributed by atoms with Crippen molar-refractivity contribution in [2.24, 2.45) is 10.5 Å². The van der Waals surface area contributed by atoms with Crippen LogP contribution in [0.15, 0.2) is 29.4 Å². The van der Waals surface area contributed by atoms with Crippen molar-refractivity contribution in [1.29, 1.82) is 0 Å². The number of likely N-dealkylation sites (N-methyl/N-ethyl adjacent to an activating group) is 1. The van der Waals surface area contributed by atoms with Gasteiger partial charge >= 0.3 is 24.1 Å². The quantitative estimate of drug-likeness (QED) is 0.117. The van der Waals surface area contributed by atoms with Crippen molar-refractivity contribution in [3.8, 4) is 0 Å². The van der Waals surface area contributed by atoms with E-state index in [-0.39, 0.29) is 32.1 Å². The topological polar surface area (TPSA) is 213 Å².